The summed E-state index contributed by atoms with van der Waals surface area (Å²) in [5.41, 5.74) is 0.569. The van der Waals surface area contributed by atoms with E-state index in [4.69, 9.17) is 4.74 Å². The van der Waals surface area contributed by atoms with Crippen molar-refractivity contribution in [1.29, 1.82) is 0 Å². The van der Waals surface area contributed by atoms with Crippen LogP contribution in [0.2, 0.25) is 0 Å². The van der Waals surface area contributed by atoms with E-state index in [0.717, 1.165) is 0 Å². The lowest BCUT2D eigenvalue weighted by atomic mass is 10.3. The van der Waals surface area contributed by atoms with Crippen molar-refractivity contribution in [2.75, 3.05) is 11.9 Å². The number of ether oxygens (including phenoxy) is 1. The first-order chi connectivity index (χ1) is 8.65. The first-order valence-electron chi connectivity index (χ1n) is 5.31. The van der Waals surface area contributed by atoms with Crippen molar-refractivity contribution in [2.45, 2.75) is 0 Å². The Morgan fingerprint density at radius 1 is 1.50 bits per heavy atom. The minimum atomic E-state index is -0.494. The predicted octanol–water partition coefficient (Wildman–Crippen LogP) is 1.58. The van der Waals surface area contributed by atoms with Gasteiger partial charge in [0.1, 0.15) is 0 Å². The van der Waals surface area contributed by atoms with Gasteiger partial charge in [-0.05, 0) is 12.1 Å². The largest absolute Gasteiger partial charge is 0.481 e. The van der Waals surface area contributed by atoms with Crippen LogP contribution in [-0.4, -0.2) is 22.3 Å². The molecular formula is C12H12FN3O2. The monoisotopic (exact) mass is 249 g/mol. The van der Waals surface area contributed by atoms with Gasteiger partial charge in [-0.15, -0.1) is 0 Å². The first-order valence-corrected chi connectivity index (χ1v) is 5.31. The Morgan fingerprint density at radius 3 is 2.94 bits per heavy atom. The molecular weight excluding hydrogens is 237 g/mol. The number of nitrogens with one attached hydrogen (secondary N) is 1. The van der Waals surface area contributed by atoms with E-state index in [9.17, 15) is 9.18 Å². The third-order valence-electron chi connectivity index (χ3n) is 2.18. The van der Waals surface area contributed by atoms with Gasteiger partial charge in [0.2, 0.25) is 0 Å². The summed E-state index contributed by atoms with van der Waals surface area (Å²) in [6, 6.07) is 5.93. The van der Waals surface area contributed by atoms with Gasteiger partial charge in [0.05, 0.1) is 11.9 Å². The second-order valence-electron chi connectivity index (χ2n) is 3.67. The van der Waals surface area contributed by atoms with E-state index in [1.54, 1.807) is 30.1 Å². The van der Waals surface area contributed by atoms with Gasteiger partial charge < -0.3 is 10.1 Å². The molecule has 18 heavy (non-hydrogen) atoms. The number of carbonyl (C=O) groups is 1. The van der Waals surface area contributed by atoms with Crippen LogP contribution in [0.1, 0.15) is 0 Å². The number of aryl methyl sites for hydroxylation is 1. The van der Waals surface area contributed by atoms with Crippen molar-refractivity contribution in [2.24, 2.45) is 7.05 Å². The minimum Gasteiger partial charge on any atom is -0.481 e. The van der Waals surface area contributed by atoms with Gasteiger partial charge in [-0.25, -0.2) is 4.39 Å². The fraction of sp³-hybridized carbons (Fsp3) is 0.167. The maximum Gasteiger partial charge on any atom is 0.262 e. The van der Waals surface area contributed by atoms with Crippen LogP contribution in [0.5, 0.6) is 5.75 Å². The molecule has 0 bridgehead atoms. The van der Waals surface area contributed by atoms with Crippen LogP contribution in [0, 0.1) is 5.82 Å². The Morgan fingerprint density at radius 2 is 2.28 bits per heavy atom. The molecule has 1 N–H and O–H groups in total. The lowest BCUT2D eigenvalue weighted by Gasteiger charge is -2.06. The summed E-state index contributed by atoms with van der Waals surface area (Å²) in [7, 11) is 1.74. The van der Waals surface area contributed by atoms with Crippen LogP contribution in [0.4, 0.5) is 10.1 Å². The minimum absolute atomic E-state index is 0.0545. The maximum atomic E-state index is 13.2. The fourth-order valence-corrected chi connectivity index (χ4v) is 1.39. The SMILES string of the molecule is Cn1cc(NC(=O)COc2ccccc2F)cn1. The highest BCUT2D eigenvalue weighted by Gasteiger charge is 2.07. The number of rotatable bonds is 4. The van der Waals surface area contributed by atoms with Gasteiger partial charge in [-0.2, -0.15) is 5.10 Å². The maximum absolute atomic E-state index is 13.2. The smallest absolute Gasteiger partial charge is 0.262 e. The summed E-state index contributed by atoms with van der Waals surface area (Å²) >= 11 is 0. The zero-order chi connectivity index (χ0) is 13.0. The number of halogens is 1. The zero-order valence-electron chi connectivity index (χ0n) is 9.76. The first kappa shape index (κ1) is 12.1. The van der Waals surface area contributed by atoms with Crippen molar-refractivity contribution in [3.05, 3.63) is 42.5 Å². The molecule has 2 aromatic rings. The molecule has 1 aromatic carbocycles. The highest BCUT2D eigenvalue weighted by molar-refractivity contribution is 5.91. The second-order valence-corrected chi connectivity index (χ2v) is 3.67. The van der Waals surface area contributed by atoms with Crippen LogP contribution in [0.15, 0.2) is 36.7 Å². The molecule has 1 heterocycles. The van der Waals surface area contributed by atoms with E-state index in [0.29, 0.717) is 5.69 Å². The van der Waals surface area contributed by atoms with Crippen molar-refractivity contribution in [3.63, 3.8) is 0 Å². The Labute approximate surface area is 103 Å². The molecule has 6 heteroatoms. The number of amides is 1. The molecule has 0 aliphatic carbocycles. The summed E-state index contributed by atoms with van der Waals surface area (Å²) in [5, 5.41) is 6.49. The van der Waals surface area contributed by atoms with E-state index in [-0.39, 0.29) is 18.3 Å². The van der Waals surface area contributed by atoms with Crippen LogP contribution in [0.3, 0.4) is 0 Å². The summed E-state index contributed by atoms with van der Waals surface area (Å²) in [5.74, 6) is -0.809. The number of hydrogen-bond donors (Lipinski definition) is 1. The van der Waals surface area contributed by atoms with Crippen LogP contribution < -0.4 is 10.1 Å². The molecule has 1 aromatic heterocycles. The number of benzene rings is 1. The van der Waals surface area contributed by atoms with E-state index in [1.807, 2.05) is 0 Å². The standard InChI is InChI=1S/C12H12FN3O2/c1-16-7-9(6-14-16)15-12(17)8-18-11-5-3-2-4-10(11)13/h2-7H,8H2,1H3,(H,15,17). The van der Waals surface area contributed by atoms with Crippen molar-refractivity contribution in [3.8, 4) is 5.75 Å². The zero-order valence-corrected chi connectivity index (χ0v) is 9.76. The highest BCUT2D eigenvalue weighted by atomic mass is 19.1. The van der Waals surface area contributed by atoms with Gasteiger partial charge in [0.25, 0.3) is 5.91 Å². The van der Waals surface area contributed by atoms with E-state index < -0.39 is 5.82 Å². The van der Waals surface area contributed by atoms with Crippen molar-refractivity contribution in [1.82, 2.24) is 9.78 Å². The molecule has 0 radical (unpaired) electrons. The number of aromatic nitrogens is 2. The van der Waals surface area contributed by atoms with Crippen LogP contribution >= 0.6 is 0 Å². The number of carbonyl (C=O) groups excluding carboxylic acids is 1. The van der Waals surface area contributed by atoms with Crippen LogP contribution in [-0.2, 0) is 11.8 Å². The van der Waals surface area contributed by atoms with Crippen molar-refractivity contribution >= 4 is 11.6 Å². The lowest BCUT2D eigenvalue weighted by Crippen LogP contribution is -2.20. The number of anilines is 1. The molecule has 94 valence electrons. The molecule has 0 atom stereocenters. The number of hydrogen-bond acceptors (Lipinski definition) is 3. The Hall–Kier alpha value is -2.37. The molecule has 0 aliphatic rings. The van der Waals surface area contributed by atoms with E-state index in [2.05, 4.69) is 10.4 Å². The Kier molecular flexibility index (Phi) is 3.57. The summed E-state index contributed by atoms with van der Waals surface area (Å²) in [6.45, 7) is -0.254. The van der Waals surface area contributed by atoms with Gasteiger partial charge in [-0.1, -0.05) is 12.1 Å². The average molecular weight is 249 g/mol. The summed E-state index contributed by atoms with van der Waals surface area (Å²) < 4.78 is 19.8. The third-order valence-corrected chi connectivity index (χ3v) is 2.18. The molecule has 0 fully saturated rings. The molecule has 0 aliphatic heterocycles. The molecule has 0 unspecified atom stereocenters. The average Bonchev–Trinajstić information content (AvgIpc) is 2.74. The molecule has 0 saturated carbocycles. The Bertz CT molecular complexity index is 554. The topological polar surface area (TPSA) is 56.2 Å². The van der Waals surface area contributed by atoms with Gasteiger partial charge >= 0.3 is 0 Å². The van der Waals surface area contributed by atoms with E-state index >= 15 is 0 Å². The van der Waals surface area contributed by atoms with Crippen molar-refractivity contribution < 1.29 is 13.9 Å². The predicted molar refractivity (Wildman–Crippen MR) is 63.7 cm³/mol. The van der Waals surface area contributed by atoms with Crippen LogP contribution in [0.25, 0.3) is 0 Å². The highest BCUT2D eigenvalue weighted by Crippen LogP contribution is 2.15. The van der Waals surface area contributed by atoms with Gasteiger partial charge in [0.15, 0.2) is 18.2 Å². The Balaban J connectivity index is 1.87. The molecule has 2 rings (SSSR count). The summed E-state index contributed by atoms with van der Waals surface area (Å²) in [4.78, 5) is 11.5. The molecule has 5 nitrogen and oxygen atoms in total. The molecule has 0 spiro atoms. The lowest BCUT2D eigenvalue weighted by molar-refractivity contribution is -0.118. The molecule has 1 amide bonds. The van der Waals surface area contributed by atoms with Gasteiger partial charge in [0, 0.05) is 13.2 Å². The summed E-state index contributed by atoms with van der Waals surface area (Å²) in [6.07, 6.45) is 3.17. The number of para-hydroxylation sites is 1. The number of nitrogens with zero attached hydrogens (tertiary/aromatic N) is 2. The van der Waals surface area contributed by atoms with E-state index in [1.165, 1.54) is 18.3 Å². The third kappa shape index (κ3) is 3.07. The normalized spacial score (nSPS) is 10.1. The quantitative estimate of drug-likeness (QED) is 0.895. The fourth-order valence-electron chi connectivity index (χ4n) is 1.39. The second kappa shape index (κ2) is 5.31. The molecule has 0 saturated heterocycles. The van der Waals surface area contributed by atoms with Gasteiger partial charge in [-0.3, -0.25) is 9.48 Å².